The fourth-order valence-corrected chi connectivity index (χ4v) is 7.02. The third-order valence-electron chi connectivity index (χ3n) is 7.65. The number of rotatable bonds is 7. The van der Waals surface area contributed by atoms with Gasteiger partial charge in [0.15, 0.2) is 5.82 Å². The summed E-state index contributed by atoms with van der Waals surface area (Å²) in [5, 5.41) is 10.1. The van der Waals surface area contributed by atoms with E-state index in [2.05, 4.69) is 32.4 Å². The fraction of sp³-hybridized carbons (Fsp3) is 0.393. The van der Waals surface area contributed by atoms with E-state index in [4.69, 9.17) is 5.73 Å². The predicted octanol–water partition coefficient (Wildman–Crippen LogP) is 2.14. The summed E-state index contributed by atoms with van der Waals surface area (Å²) in [6, 6.07) is 14.1. The normalized spacial score (nSPS) is 17.8. The molecule has 0 saturated carbocycles. The highest BCUT2D eigenvalue weighted by atomic mass is 32.2. The number of nitrogens with two attached hydrogens (primary N) is 1. The number of benzene rings is 2. The summed E-state index contributed by atoms with van der Waals surface area (Å²) < 4.78 is 28.2. The van der Waals surface area contributed by atoms with E-state index >= 15 is 0 Å². The molecule has 40 heavy (non-hydrogen) atoms. The van der Waals surface area contributed by atoms with Crippen LogP contribution in [0.5, 0.6) is 0 Å². The van der Waals surface area contributed by atoms with Crippen LogP contribution in [-0.2, 0) is 27.7 Å². The Labute approximate surface area is 234 Å². The summed E-state index contributed by atoms with van der Waals surface area (Å²) in [6.45, 7) is 7.59. The van der Waals surface area contributed by atoms with Crippen LogP contribution >= 0.6 is 0 Å². The molecule has 2 amide bonds. The summed E-state index contributed by atoms with van der Waals surface area (Å²) >= 11 is 0. The first-order chi connectivity index (χ1) is 18.9. The second kappa shape index (κ2) is 10.7. The second-order valence-electron chi connectivity index (χ2n) is 11.2. The molecular formula is C28H35N7O4S. The lowest BCUT2D eigenvalue weighted by Crippen LogP contribution is -2.45. The van der Waals surface area contributed by atoms with Crippen molar-refractivity contribution in [2.75, 3.05) is 50.0 Å². The number of piperazine rings is 1. The van der Waals surface area contributed by atoms with E-state index in [0.29, 0.717) is 11.1 Å². The van der Waals surface area contributed by atoms with Gasteiger partial charge in [0.05, 0.1) is 16.9 Å². The molecule has 5 rings (SSSR count). The quantitative estimate of drug-likeness (QED) is 0.398. The van der Waals surface area contributed by atoms with Crippen LogP contribution < -0.4 is 16.0 Å². The lowest BCUT2D eigenvalue weighted by atomic mass is 9.84. The van der Waals surface area contributed by atoms with Crippen molar-refractivity contribution in [2.24, 2.45) is 5.73 Å². The molecule has 1 aromatic heterocycles. The maximum atomic E-state index is 13.4. The standard InChI is InChI=1S/C28H35N7O4S/c1-28(2)18-35(40(38,39)17-19-7-5-4-6-8-19)16-23-24(28)31-32-26(23)30-27(37)21-10-9-20(15-22(21)25(29)36)34-13-11-33(3)12-14-34/h4-10,15H,11-14,16-18H2,1-3H3,(H2,29,36)(H2,30,31,32,37). The van der Waals surface area contributed by atoms with Crippen LogP contribution in [0.3, 0.4) is 0 Å². The molecule has 0 aliphatic carbocycles. The van der Waals surface area contributed by atoms with E-state index in [1.54, 1.807) is 24.3 Å². The zero-order chi connectivity index (χ0) is 28.7. The van der Waals surface area contributed by atoms with Crippen molar-refractivity contribution in [1.82, 2.24) is 19.4 Å². The number of aromatic nitrogens is 2. The maximum absolute atomic E-state index is 13.4. The lowest BCUT2D eigenvalue weighted by molar-refractivity contribution is 0.0977. The molecule has 1 saturated heterocycles. The highest BCUT2D eigenvalue weighted by molar-refractivity contribution is 7.88. The molecule has 11 nitrogen and oxygen atoms in total. The van der Waals surface area contributed by atoms with E-state index in [1.807, 2.05) is 38.1 Å². The first-order valence-corrected chi connectivity index (χ1v) is 14.8. The Morgan fingerprint density at radius 2 is 1.75 bits per heavy atom. The van der Waals surface area contributed by atoms with Crippen molar-refractivity contribution in [3.8, 4) is 0 Å². The number of carbonyl (C=O) groups is 2. The summed E-state index contributed by atoms with van der Waals surface area (Å²) in [5.74, 6) is -1.15. The van der Waals surface area contributed by atoms with Crippen LogP contribution in [0.15, 0.2) is 48.5 Å². The second-order valence-corrected chi connectivity index (χ2v) is 13.1. The van der Waals surface area contributed by atoms with Crippen molar-refractivity contribution >= 4 is 33.3 Å². The molecule has 0 radical (unpaired) electrons. The molecule has 2 aliphatic rings. The number of H-pyrrole nitrogens is 1. The first kappa shape index (κ1) is 27.8. The highest BCUT2D eigenvalue weighted by Crippen LogP contribution is 2.37. The molecule has 2 aliphatic heterocycles. The van der Waals surface area contributed by atoms with Crippen LogP contribution in [0.2, 0.25) is 0 Å². The van der Waals surface area contributed by atoms with Crippen molar-refractivity contribution < 1.29 is 18.0 Å². The van der Waals surface area contributed by atoms with E-state index in [1.165, 1.54) is 4.31 Å². The number of nitrogens with zero attached hydrogens (tertiary/aromatic N) is 4. The van der Waals surface area contributed by atoms with E-state index in [-0.39, 0.29) is 35.8 Å². The Bertz CT molecular complexity index is 1530. The Morgan fingerprint density at radius 3 is 2.42 bits per heavy atom. The number of hydrogen-bond acceptors (Lipinski definition) is 7. The number of amides is 2. The molecule has 1 fully saturated rings. The van der Waals surface area contributed by atoms with Gasteiger partial charge in [-0.05, 0) is 30.8 Å². The SMILES string of the molecule is CN1CCN(c2ccc(C(=O)Nc3n[nH]c4c3CN(S(=O)(=O)Cc3ccccc3)CC4(C)C)c(C(N)=O)c2)CC1. The van der Waals surface area contributed by atoms with Gasteiger partial charge >= 0.3 is 0 Å². The fourth-order valence-electron chi connectivity index (χ4n) is 5.38. The summed E-state index contributed by atoms with van der Waals surface area (Å²) in [6.07, 6.45) is 0. The largest absolute Gasteiger partial charge is 0.369 e. The molecule has 4 N–H and O–H groups in total. The Kier molecular flexibility index (Phi) is 7.42. The number of hydrogen-bond donors (Lipinski definition) is 3. The van der Waals surface area contributed by atoms with Gasteiger partial charge in [-0.3, -0.25) is 14.7 Å². The smallest absolute Gasteiger partial charge is 0.257 e. The lowest BCUT2D eigenvalue weighted by Gasteiger charge is -2.37. The summed E-state index contributed by atoms with van der Waals surface area (Å²) in [7, 11) is -1.59. The third-order valence-corrected chi connectivity index (χ3v) is 9.39. The minimum atomic E-state index is -3.65. The average Bonchev–Trinajstić information content (AvgIpc) is 3.32. The van der Waals surface area contributed by atoms with Gasteiger partial charge in [-0.1, -0.05) is 44.2 Å². The first-order valence-electron chi connectivity index (χ1n) is 13.2. The van der Waals surface area contributed by atoms with Crippen molar-refractivity contribution in [3.63, 3.8) is 0 Å². The van der Waals surface area contributed by atoms with Gasteiger partial charge in [0.25, 0.3) is 5.91 Å². The Hall–Kier alpha value is -3.74. The van der Waals surface area contributed by atoms with Gasteiger partial charge in [0.2, 0.25) is 15.9 Å². The average molecular weight is 566 g/mol. The maximum Gasteiger partial charge on any atom is 0.257 e. The number of carbonyl (C=O) groups excluding carboxylic acids is 2. The number of fused-ring (bicyclic) bond motifs is 1. The van der Waals surface area contributed by atoms with Crippen LogP contribution in [0.25, 0.3) is 0 Å². The zero-order valence-electron chi connectivity index (χ0n) is 23.0. The molecule has 3 heterocycles. The zero-order valence-corrected chi connectivity index (χ0v) is 23.8. The molecule has 0 unspecified atom stereocenters. The number of aromatic amines is 1. The van der Waals surface area contributed by atoms with Crippen LogP contribution in [0.4, 0.5) is 11.5 Å². The van der Waals surface area contributed by atoms with Gasteiger partial charge in [-0.15, -0.1) is 0 Å². The minimum absolute atomic E-state index is 0.0606. The van der Waals surface area contributed by atoms with Gasteiger partial charge in [-0.25, -0.2) is 8.42 Å². The number of anilines is 2. The minimum Gasteiger partial charge on any atom is -0.369 e. The molecule has 0 atom stereocenters. The van der Waals surface area contributed by atoms with Crippen LogP contribution in [-0.4, -0.2) is 79.4 Å². The topological polar surface area (TPSA) is 145 Å². The molecule has 0 spiro atoms. The van der Waals surface area contributed by atoms with Gasteiger partial charge < -0.3 is 20.9 Å². The van der Waals surface area contributed by atoms with Gasteiger partial charge in [0.1, 0.15) is 0 Å². The van der Waals surface area contributed by atoms with Crippen molar-refractivity contribution in [1.29, 1.82) is 0 Å². The van der Waals surface area contributed by atoms with Crippen molar-refractivity contribution in [2.45, 2.75) is 31.6 Å². The molecule has 0 bridgehead atoms. The Morgan fingerprint density at radius 1 is 1.05 bits per heavy atom. The monoisotopic (exact) mass is 565 g/mol. The summed E-state index contributed by atoms with van der Waals surface area (Å²) in [5.41, 5.74) is 8.24. The van der Waals surface area contributed by atoms with Crippen LogP contribution in [0.1, 0.15) is 51.4 Å². The third kappa shape index (κ3) is 5.60. The molecule has 212 valence electrons. The summed E-state index contributed by atoms with van der Waals surface area (Å²) in [4.78, 5) is 30.2. The van der Waals surface area contributed by atoms with E-state index in [9.17, 15) is 18.0 Å². The van der Waals surface area contributed by atoms with E-state index < -0.39 is 27.3 Å². The predicted molar refractivity (Wildman–Crippen MR) is 154 cm³/mol. The molecule has 2 aromatic carbocycles. The van der Waals surface area contributed by atoms with Crippen LogP contribution in [0, 0.1) is 0 Å². The highest BCUT2D eigenvalue weighted by Gasteiger charge is 2.40. The number of sulfonamides is 1. The Balaban J connectivity index is 1.39. The number of nitrogens with one attached hydrogen (secondary N) is 2. The molecule has 3 aromatic rings. The van der Waals surface area contributed by atoms with Crippen molar-refractivity contribution in [3.05, 3.63) is 76.5 Å². The van der Waals surface area contributed by atoms with E-state index in [0.717, 1.165) is 37.6 Å². The molecular weight excluding hydrogens is 530 g/mol. The molecule has 12 heteroatoms. The number of likely N-dealkylation sites (N-methyl/N-ethyl adjacent to an activating group) is 1. The van der Waals surface area contributed by atoms with Gasteiger partial charge in [0, 0.05) is 61.6 Å². The van der Waals surface area contributed by atoms with Gasteiger partial charge in [-0.2, -0.15) is 9.40 Å². The number of primary amides is 1.